The lowest BCUT2D eigenvalue weighted by molar-refractivity contribution is 0.0728. The van der Waals surface area contributed by atoms with Crippen LogP contribution in [-0.2, 0) is 0 Å². The van der Waals surface area contributed by atoms with E-state index in [1.807, 2.05) is 26.8 Å². The molecule has 1 aromatic heterocycles. The van der Waals surface area contributed by atoms with Gasteiger partial charge in [-0.2, -0.15) is 0 Å². The normalized spacial score (nSPS) is 16.2. The van der Waals surface area contributed by atoms with Crippen molar-refractivity contribution in [3.63, 3.8) is 0 Å². The second-order valence-electron chi connectivity index (χ2n) is 7.08. The highest BCUT2D eigenvalue weighted by molar-refractivity contribution is 5.99. The molecule has 1 atom stereocenters. The molecule has 4 nitrogen and oxygen atoms in total. The molecule has 2 aromatic carbocycles. The summed E-state index contributed by atoms with van der Waals surface area (Å²) in [6.45, 7) is 6.24. The summed E-state index contributed by atoms with van der Waals surface area (Å²) < 4.78 is 19.4. The van der Waals surface area contributed by atoms with Gasteiger partial charge in [0.1, 0.15) is 11.4 Å². The molecular weight excluding hydrogens is 345 g/mol. The van der Waals surface area contributed by atoms with E-state index >= 15 is 0 Å². The van der Waals surface area contributed by atoms with Crippen molar-refractivity contribution in [2.75, 3.05) is 6.54 Å². The molecule has 0 bridgehead atoms. The highest BCUT2D eigenvalue weighted by atomic mass is 19.1. The van der Waals surface area contributed by atoms with Crippen LogP contribution in [0.1, 0.15) is 52.2 Å². The van der Waals surface area contributed by atoms with E-state index in [0.717, 1.165) is 17.5 Å². The van der Waals surface area contributed by atoms with Gasteiger partial charge in [-0.3, -0.25) is 9.59 Å². The smallest absolute Gasteiger partial charge is 0.290 e. The number of carbonyl (C=O) groups is 1. The minimum Gasteiger partial charge on any atom is -0.450 e. The number of benzene rings is 2. The molecule has 0 radical (unpaired) electrons. The maximum atomic E-state index is 13.4. The molecule has 0 saturated heterocycles. The van der Waals surface area contributed by atoms with Crippen molar-refractivity contribution in [3.05, 3.63) is 80.5 Å². The third-order valence-corrected chi connectivity index (χ3v) is 5.06. The van der Waals surface area contributed by atoms with Crippen molar-refractivity contribution in [3.8, 4) is 0 Å². The molecule has 0 spiro atoms. The molecule has 0 aliphatic carbocycles. The summed E-state index contributed by atoms with van der Waals surface area (Å²) in [6, 6.07) is 9.09. The van der Waals surface area contributed by atoms with Gasteiger partial charge in [0.15, 0.2) is 5.43 Å². The highest BCUT2D eigenvalue weighted by Crippen LogP contribution is 2.38. The number of carbonyl (C=O) groups excluding carboxylic acids is 1. The van der Waals surface area contributed by atoms with E-state index in [-0.39, 0.29) is 22.9 Å². The molecule has 1 amide bonds. The first kappa shape index (κ1) is 17.5. The van der Waals surface area contributed by atoms with Crippen LogP contribution in [0.25, 0.3) is 11.0 Å². The lowest BCUT2D eigenvalue weighted by Crippen LogP contribution is -2.30. The molecule has 138 valence electrons. The molecule has 2 heterocycles. The van der Waals surface area contributed by atoms with Gasteiger partial charge in [-0.1, -0.05) is 25.1 Å². The second kappa shape index (κ2) is 6.34. The standard InChI is InChI=1S/C22H20FNO3/c1-4-9-24-19(14-5-7-15(23)8-6-14)18-20(25)17-13(3)10-12(2)11-16(17)27-21(18)22(24)26/h5-8,10-11,19H,4,9H2,1-3H3/t19-/m0/s1. The Morgan fingerprint density at radius 2 is 1.81 bits per heavy atom. The largest absolute Gasteiger partial charge is 0.450 e. The molecule has 1 aliphatic rings. The Kier molecular flexibility index (Phi) is 4.10. The van der Waals surface area contributed by atoms with Crippen LogP contribution in [0.2, 0.25) is 0 Å². The molecule has 0 unspecified atom stereocenters. The van der Waals surface area contributed by atoms with Gasteiger partial charge >= 0.3 is 0 Å². The number of amides is 1. The van der Waals surface area contributed by atoms with E-state index < -0.39 is 6.04 Å². The predicted octanol–water partition coefficient (Wildman–Crippen LogP) is 4.50. The summed E-state index contributed by atoms with van der Waals surface area (Å²) in [5, 5.41) is 0.498. The summed E-state index contributed by atoms with van der Waals surface area (Å²) in [5.41, 5.74) is 3.08. The molecule has 0 N–H and O–H groups in total. The third kappa shape index (κ3) is 2.65. The van der Waals surface area contributed by atoms with Crippen LogP contribution in [0.4, 0.5) is 4.39 Å². The maximum Gasteiger partial charge on any atom is 0.290 e. The van der Waals surface area contributed by atoms with E-state index in [4.69, 9.17) is 4.42 Å². The predicted molar refractivity (Wildman–Crippen MR) is 102 cm³/mol. The fraction of sp³-hybridized carbons (Fsp3) is 0.273. The Balaban J connectivity index is 2.04. The molecule has 1 aliphatic heterocycles. The van der Waals surface area contributed by atoms with E-state index in [9.17, 15) is 14.0 Å². The Morgan fingerprint density at radius 1 is 1.11 bits per heavy atom. The number of nitrogens with zero attached hydrogens (tertiary/aromatic N) is 1. The fourth-order valence-electron chi connectivity index (χ4n) is 3.98. The number of halogens is 1. The lowest BCUT2D eigenvalue weighted by atomic mass is 9.97. The molecule has 3 aromatic rings. The summed E-state index contributed by atoms with van der Waals surface area (Å²) >= 11 is 0. The number of rotatable bonds is 3. The van der Waals surface area contributed by atoms with Gasteiger partial charge in [-0.25, -0.2) is 4.39 Å². The van der Waals surface area contributed by atoms with Gasteiger partial charge in [-0.05, 0) is 55.2 Å². The quantitative estimate of drug-likeness (QED) is 0.686. The minimum absolute atomic E-state index is 0.0975. The molecular formula is C22H20FNO3. The summed E-state index contributed by atoms with van der Waals surface area (Å²) in [7, 11) is 0. The summed E-state index contributed by atoms with van der Waals surface area (Å²) in [6.07, 6.45) is 0.739. The molecule has 27 heavy (non-hydrogen) atoms. The zero-order valence-electron chi connectivity index (χ0n) is 15.5. The Hall–Kier alpha value is -2.95. The molecule has 0 fully saturated rings. The average Bonchev–Trinajstić information content (AvgIpc) is 2.88. The highest BCUT2D eigenvalue weighted by Gasteiger charge is 2.42. The molecule has 4 rings (SSSR count). The number of aryl methyl sites for hydroxylation is 2. The van der Waals surface area contributed by atoms with Crippen molar-refractivity contribution in [1.82, 2.24) is 4.90 Å². The number of fused-ring (bicyclic) bond motifs is 2. The lowest BCUT2D eigenvalue weighted by Gasteiger charge is -2.24. The van der Waals surface area contributed by atoms with E-state index in [0.29, 0.717) is 28.6 Å². The van der Waals surface area contributed by atoms with Crippen molar-refractivity contribution in [2.24, 2.45) is 0 Å². The number of hydrogen-bond donors (Lipinski definition) is 0. The minimum atomic E-state index is -0.561. The maximum absolute atomic E-state index is 13.4. The zero-order chi connectivity index (χ0) is 19.3. The first-order chi connectivity index (χ1) is 12.9. The SMILES string of the molecule is CCCN1C(=O)c2oc3cc(C)cc(C)c3c(=O)c2[C@@H]1c1ccc(F)cc1. The van der Waals surface area contributed by atoms with Gasteiger partial charge in [0, 0.05) is 6.54 Å². The van der Waals surface area contributed by atoms with Crippen molar-refractivity contribution < 1.29 is 13.6 Å². The van der Waals surface area contributed by atoms with E-state index in [2.05, 4.69) is 0 Å². The summed E-state index contributed by atoms with van der Waals surface area (Å²) in [5.74, 6) is -0.554. The van der Waals surface area contributed by atoms with Gasteiger partial charge in [0.05, 0.1) is 17.0 Å². The molecule has 5 heteroatoms. The second-order valence-corrected chi connectivity index (χ2v) is 7.08. The van der Waals surface area contributed by atoms with E-state index in [1.54, 1.807) is 23.1 Å². The first-order valence-corrected chi connectivity index (χ1v) is 9.06. The van der Waals surface area contributed by atoms with Crippen LogP contribution in [0.5, 0.6) is 0 Å². The van der Waals surface area contributed by atoms with Crippen molar-refractivity contribution in [2.45, 2.75) is 33.2 Å². The van der Waals surface area contributed by atoms with Gasteiger partial charge in [0.2, 0.25) is 5.76 Å². The van der Waals surface area contributed by atoms with Crippen LogP contribution < -0.4 is 5.43 Å². The van der Waals surface area contributed by atoms with Crippen molar-refractivity contribution in [1.29, 1.82) is 0 Å². The zero-order valence-corrected chi connectivity index (χ0v) is 15.5. The van der Waals surface area contributed by atoms with Crippen LogP contribution in [0.15, 0.2) is 45.6 Å². The van der Waals surface area contributed by atoms with Crippen LogP contribution in [0.3, 0.4) is 0 Å². The number of hydrogen-bond acceptors (Lipinski definition) is 3. The first-order valence-electron chi connectivity index (χ1n) is 9.06. The Morgan fingerprint density at radius 3 is 2.48 bits per heavy atom. The van der Waals surface area contributed by atoms with Crippen LogP contribution in [-0.4, -0.2) is 17.4 Å². The Bertz CT molecular complexity index is 1120. The van der Waals surface area contributed by atoms with Crippen LogP contribution in [0, 0.1) is 19.7 Å². The Labute approximate surface area is 156 Å². The van der Waals surface area contributed by atoms with Crippen molar-refractivity contribution >= 4 is 16.9 Å². The monoisotopic (exact) mass is 365 g/mol. The average molecular weight is 365 g/mol. The topological polar surface area (TPSA) is 50.5 Å². The molecule has 0 saturated carbocycles. The van der Waals surface area contributed by atoms with E-state index in [1.165, 1.54) is 12.1 Å². The van der Waals surface area contributed by atoms with Gasteiger partial charge < -0.3 is 9.32 Å². The third-order valence-electron chi connectivity index (χ3n) is 5.06. The fourth-order valence-corrected chi connectivity index (χ4v) is 3.98. The van der Waals surface area contributed by atoms with Crippen LogP contribution >= 0.6 is 0 Å². The summed E-state index contributed by atoms with van der Waals surface area (Å²) in [4.78, 5) is 28.1. The van der Waals surface area contributed by atoms with Gasteiger partial charge in [-0.15, -0.1) is 0 Å². The van der Waals surface area contributed by atoms with Gasteiger partial charge in [0.25, 0.3) is 5.91 Å².